The second-order valence-electron chi connectivity index (χ2n) is 6.56. The monoisotopic (exact) mass is 364 g/mol. The minimum Gasteiger partial charge on any atom is -0.308 e. The lowest BCUT2D eigenvalue weighted by Crippen LogP contribution is -2.36. The van der Waals surface area contributed by atoms with Gasteiger partial charge in [0.15, 0.2) is 11.1 Å². The maximum atomic E-state index is 12.5. The maximum Gasteiger partial charge on any atom is 0.293 e. The average molecular weight is 364 g/mol. The number of nitroso groups, excluding NO2 is 1. The van der Waals surface area contributed by atoms with Gasteiger partial charge in [-0.05, 0) is 25.3 Å². The Labute approximate surface area is 147 Å². The molecule has 2 aliphatic rings. The summed E-state index contributed by atoms with van der Waals surface area (Å²) in [5.74, 6) is 0. The van der Waals surface area contributed by atoms with E-state index in [1.54, 1.807) is 17.0 Å². The van der Waals surface area contributed by atoms with E-state index in [0.717, 1.165) is 25.7 Å². The molecule has 1 saturated heterocycles. The molecule has 0 amide bonds. The molecular formula is C16H22N5O3S+. The fourth-order valence-corrected chi connectivity index (χ4v) is 4.65. The zero-order valence-electron chi connectivity index (χ0n) is 13.9. The number of nitriles is 1. The molecule has 1 saturated carbocycles. The van der Waals surface area contributed by atoms with Gasteiger partial charge in [0.05, 0.1) is 16.3 Å². The van der Waals surface area contributed by atoms with Crippen molar-refractivity contribution in [2.45, 2.75) is 49.1 Å². The average Bonchev–Trinajstić information content (AvgIpc) is 3.26. The topological polar surface area (TPSA) is 105 Å². The van der Waals surface area contributed by atoms with Gasteiger partial charge in [0.2, 0.25) is 10.0 Å². The molecular weight excluding hydrogens is 342 g/mol. The second-order valence-corrected chi connectivity index (χ2v) is 8.27. The Kier molecular flexibility index (Phi) is 5.20. The van der Waals surface area contributed by atoms with Crippen molar-refractivity contribution in [2.24, 2.45) is 0 Å². The normalized spacial score (nSPS) is 21.2. The summed E-state index contributed by atoms with van der Waals surface area (Å²) in [7, 11) is -3.63. The predicted octanol–water partition coefficient (Wildman–Crippen LogP) is 1.38. The quantitative estimate of drug-likeness (QED) is 0.449. The smallest absolute Gasteiger partial charge is 0.293 e. The molecule has 25 heavy (non-hydrogen) atoms. The van der Waals surface area contributed by atoms with E-state index >= 15 is 0 Å². The van der Waals surface area contributed by atoms with Crippen LogP contribution in [-0.2, 0) is 10.0 Å². The molecule has 1 heterocycles. The lowest BCUT2D eigenvalue weighted by molar-refractivity contribution is -0.534. The molecule has 134 valence electrons. The molecule has 1 atom stereocenters. The third-order valence-electron chi connectivity index (χ3n) is 4.67. The summed E-state index contributed by atoms with van der Waals surface area (Å²) < 4.78 is 27.7. The molecule has 0 radical (unpaired) electrons. The number of rotatable bonds is 6. The van der Waals surface area contributed by atoms with E-state index in [4.69, 9.17) is 5.26 Å². The molecule has 1 unspecified atom stereocenters. The van der Waals surface area contributed by atoms with Crippen LogP contribution in [0.15, 0.2) is 29.2 Å². The van der Waals surface area contributed by atoms with Crippen molar-refractivity contribution in [3.63, 3.8) is 0 Å². The Morgan fingerprint density at radius 2 is 1.96 bits per heavy atom. The number of hydrogen-bond donors (Lipinski definition) is 2. The summed E-state index contributed by atoms with van der Waals surface area (Å²) in [6, 6.07) is 5.82. The van der Waals surface area contributed by atoms with Crippen LogP contribution in [0.25, 0.3) is 0 Å². The summed E-state index contributed by atoms with van der Waals surface area (Å²) in [4.78, 5) is 14.6. The van der Waals surface area contributed by atoms with Gasteiger partial charge in [-0.25, -0.2) is 13.1 Å². The van der Waals surface area contributed by atoms with Gasteiger partial charge in [-0.15, -0.1) is 5.43 Å². The van der Waals surface area contributed by atoms with Crippen molar-refractivity contribution in [3.8, 4) is 6.19 Å². The van der Waals surface area contributed by atoms with E-state index in [1.165, 1.54) is 12.1 Å². The van der Waals surface area contributed by atoms with Crippen molar-refractivity contribution < 1.29 is 13.3 Å². The van der Waals surface area contributed by atoms with Gasteiger partial charge < -0.3 is 4.90 Å². The first-order valence-corrected chi connectivity index (χ1v) is 9.97. The molecule has 1 aliphatic carbocycles. The van der Waals surface area contributed by atoms with Crippen molar-refractivity contribution in [1.29, 1.82) is 5.26 Å². The van der Waals surface area contributed by atoms with Crippen LogP contribution >= 0.6 is 0 Å². The fraction of sp³-hybridized carbons (Fsp3) is 0.562. The number of nitrogens with one attached hydrogen (secondary N) is 2. The molecule has 1 aliphatic heterocycles. The minimum atomic E-state index is -3.63. The molecule has 9 heteroatoms. The highest BCUT2D eigenvalue weighted by Gasteiger charge is 2.29. The lowest BCUT2D eigenvalue weighted by atomic mass is 10.3. The number of likely N-dealkylation sites (tertiary alicyclic amines) is 1. The predicted molar refractivity (Wildman–Crippen MR) is 91.0 cm³/mol. The van der Waals surface area contributed by atoms with Gasteiger partial charge in [0.25, 0.3) is 5.69 Å². The zero-order valence-corrected chi connectivity index (χ0v) is 14.7. The summed E-state index contributed by atoms with van der Waals surface area (Å²) in [6.07, 6.45) is 6.52. The number of hydrazine groups is 1. The first-order valence-electron chi connectivity index (χ1n) is 8.48. The van der Waals surface area contributed by atoms with Crippen LogP contribution in [0.5, 0.6) is 0 Å². The van der Waals surface area contributed by atoms with Crippen LogP contribution in [0.2, 0.25) is 0 Å². The van der Waals surface area contributed by atoms with Crippen molar-refractivity contribution in [2.75, 3.05) is 13.1 Å². The number of nitrogens with zero attached hydrogens (tertiary/aromatic N) is 3. The van der Waals surface area contributed by atoms with Crippen LogP contribution in [0.3, 0.4) is 0 Å². The van der Waals surface area contributed by atoms with Gasteiger partial charge >= 0.3 is 0 Å². The van der Waals surface area contributed by atoms with Gasteiger partial charge in [-0.1, -0.05) is 18.9 Å². The summed E-state index contributed by atoms with van der Waals surface area (Å²) in [5, 5.41) is 8.86. The summed E-state index contributed by atoms with van der Waals surface area (Å²) in [6.45, 7) is 1.08. The van der Waals surface area contributed by atoms with Crippen LogP contribution in [0.4, 0.5) is 5.69 Å². The van der Waals surface area contributed by atoms with Gasteiger partial charge in [0.1, 0.15) is 6.04 Å². The maximum absolute atomic E-state index is 12.5. The van der Waals surface area contributed by atoms with Crippen LogP contribution in [-0.4, -0.2) is 43.4 Å². The Hall–Kier alpha value is -2.18. The molecule has 2 fully saturated rings. The largest absolute Gasteiger partial charge is 0.308 e. The minimum absolute atomic E-state index is 0.0226. The third-order valence-corrected chi connectivity index (χ3v) is 6.19. The van der Waals surface area contributed by atoms with Gasteiger partial charge in [0, 0.05) is 24.7 Å². The molecule has 2 N–H and O–H groups in total. The molecule has 1 aromatic rings. The van der Waals surface area contributed by atoms with E-state index in [-0.39, 0.29) is 22.7 Å². The molecule has 0 spiro atoms. The van der Waals surface area contributed by atoms with Crippen molar-refractivity contribution in [3.05, 3.63) is 29.2 Å². The molecule has 1 aromatic carbocycles. The summed E-state index contributed by atoms with van der Waals surface area (Å²) >= 11 is 0. The zero-order chi connectivity index (χ0) is 17.9. The van der Waals surface area contributed by atoms with E-state index in [9.17, 15) is 13.3 Å². The van der Waals surface area contributed by atoms with Crippen LogP contribution in [0, 0.1) is 16.4 Å². The molecule has 3 rings (SSSR count). The van der Waals surface area contributed by atoms with E-state index in [0.29, 0.717) is 24.4 Å². The van der Waals surface area contributed by atoms with Crippen molar-refractivity contribution >= 4 is 15.7 Å². The third kappa shape index (κ3) is 4.27. The van der Waals surface area contributed by atoms with Crippen LogP contribution in [0.1, 0.15) is 32.1 Å². The fourth-order valence-electron chi connectivity index (χ4n) is 3.30. The van der Waals surface area contributed by atoms with Gasteiger partial charge in [-0.3, -0.25) is 0 Å². The molecule has 8 nitrogen and oxygen atoms in total. The van der Waals surface area contributed by atoms with Crippen LogP contribution < -0.4 is 10.1 Å². The Balaban J connectivity index is 1.68. The number of hydrogen-bond acceptors (Lipinski definition) is 5. The van der Waals surface area contributed by atoms with E-state index < -0.39 is 10.0 Å². The molecule has 0 aromatic heterocycles. The standard InChI is InChI=1S/C16H22N5O3S/c17-12-20-9-8-14(11-20)18-21(22)15-6-3-7-16(10-15)25(23,24)19-13-4-1-2-5-13/h3,6-7,10,13-14,19H,1-2,4-5,8-9,11H2,(H,18,22)/q+1. The lowest BCUT2D eigenvalue weighted by Gasteiger charge is -2.12. The summed E-state index contributed by atoms with van der Waals surface area (Å²) in [5.41, 5.74) is 3.01. The second kappa shape index (κ2) is 7.37. The van der Waals surface area contributed by atoms with E-state index in [1.807, 2.05) is 0 Å². The van der Waals surface area contributed by atoms with Gasteiger partial charge in [-0.2, -0.15) is 5.26 Å². The first kappa shape index (κ1) is 17.6. The van der Waals surface area contributed by atoms with Crippen molar-refractivity contribution in [1.82, 2.24) is 15.0 Å². The molecule has 0 bridgehead atoms. The first-order chi connectivity index (χ1) is 12.0. The highest BCUT2D eigenvalue weighted by molar-refractivity contribution is 7.89. The Bertz CT molecular complexity index is 783. The number of benzene rings is 1. The number of sulfonamides is 1. The Morgan fingerprint density at radius 3 is 2.64 bits per heavy atom. The highest BCUT2D eigenvalue weighted by atomic mass is 32.2. The Morgan fingerprint density at radius 1 is 1.20 bits per heavy atom. The van der Waals surface area contributed by atoms with E-state index in [2.05, 4.69) is 16.3 Å². The SMILES string of the molecule is N#CN1CCC(N[N+](=O)c2cccc(S(=O)(=O)NC3CCCC3)c2)C1. The highest BCUT2D eigenvalue weighted by Crippen LogP contribution is 2.22.